The third-order valence-corrected chi connectivity index (χ3v) is 14.4. The van der Waals surface area contributed by atoms with Gasteiger partial charge in [0.15, 0.2) is 37.9 Å². The second kappa shape index (κ2) is 18.8. The number of hydrogen-bond acceptors (Lipinski definition) is 8. The Morgan fingerprint density at radius 1 is 0.647 bits per heavy atom. The maximum atomic E-state index is 13.4. The number of pyridine rings is 2. The van der Waals surface area contributed by atoms with Crippen molar-refractivity contribution in [2.24, 2.45) is 11.8 Å². The fourth-order valence-electron chi connectivity index (χ4n) is 10.8. The smallest absolute Gasteiger partial charge is 0.322 e. The van der Waals surface area contributed by atoms with E-state index in [0.29, 0.717) is 22.4 Å². The van der Waals surface area contributed by atoms with Crippen LogP contribution in [0.3, 0.4) is 0 Å². The molecule has 2 saturated heterocycles. The molecule has 0 bridgehead atoms. The first-order chi connectivity index (χ1) is 33.0. The number of likely N-dealkylation sites (tertiary alicyclic amines) is 2. The molecule has 15 heteroatoms. The van der Waals surface area contributed by atoms with E-state index in [1.54, 1.807) is 14.2 Å². The van der Waals surface area contributed by atoms with Gasteiger partial charge in [0.05, 0.1) is 66.8 Å². The van der Waals surface area contributed by atoms with E-state index in [1.807, 2.05) is 54.6 Å². The van der Waals surface area contributed by atoms with E-state index in [-0.39, 0.29) is 18.2 Å². The molecule has 0 saturated carbocycles. The molecule has 350 valence electrons. The van der Waals surface area contributed by atoms with Crippen molar-refractivity contribution in [3.8, 4) is 11.5 Å². The summed E-state index contributed by atoms with van der Waals surface area (Å²) in [6.45, 7) is 11.0. The Labute approximate surface area is 392 Å². The number of nitrogens with zero attached hydrogens (tertiary/aromatic N) is 4. The van der Waals surface area contributed by atoms with Gasteiger partial charge in [0.2, 0.25) is 0 Å². The molecule has 15 nitrogen and oxygen atoms in total. The molecule has 2 aliphatic rings. The number of rotatable bonds is 15. The van der Waals surface area contributed by atoms with Gasteiger partial charge >= 0.3 is 5.97 Å². The molecule has 2 fully saturated rings. The Kier molecular flexibility index (Phi) is 12.3. The summed E-state index contributed by atoms with van der Waals surface area (Å²) in [7, 11) is 3.29. The van der Waals surface area contributed by atoms with Crippen LogP contribution in [0.2, 0.25) is 0 Å². The summed E-state index contributed by atoms with van der Waals surface area (Å²) in [4.78, 5) is 50.0. The maximum Gasteiger partial charge on any atom is 0.322 e. The van der Waals surface area contributed by atoms with Crippen molar-refractivity contribution in [2.45, 2.75) is 38.8 Å². The van der Waals surface area contributed by atoms with Crippen LogP contribution in [0.4, 0.5) is 0 Å². The lowest BCUT2D eigenvalue weighted by Gasteiger charge is -2.39. The third-order valence-electron chi connectivity index (χ3n) is 14.4. The minimum absolute atomic E-state index is 0.0190. The number of aromatic amines is 2. The van der Waals surface area contributed by atoms with Crippen LogP contribution >= 0.6 is 0 Å². The summed E-state index contributed by atoms with van der Waals surface area (Å²) in [6.07, 6.45) is 13.4. The van der Waals surface area contributed by atoms with E-state index < -0.39 is 18.4 Å². The summed E-state index contributed by atoms with van der Waals surface area (Å²) >= 11 is 0. The second-order valence-corrected chi connectivity index (χ2v) is 18.5. The van der Waals surface area contributed by atoms with E-state index in [0.717, 1.165) is 130 Å². The standard InChI is InChI=1S/C53H56N8O7/c1-32(62)28-54-52(65)41-24-35-12-18-60(30-43(35)48-39-26-37(67-2)4-6-45(39)56-50(41)48)22-20-58-14-8-33(9-15-58)34-10-16-59(17-11-34)21-23-61-19-13-36-25-42(53(66)55-29-47(63)64)51-49(44(36)31-61)40-27-38(68-3)5-7-46(40)57-51/h4-7,12-13,18-19,24-27,30-31,33-34H,1,8-11,14-17,20-23,28-29H2,2-3H3,(H4,54,55,62,63,64,65,66)/p+2. The number of aromatic nitrogens is 4. The van der Waals surface area contributed by atoms with Crippen LogP contribution in [0.25, 0.3) is 65.2 Å². The monoisotopic (exact) mass is 918 g/mol. The van der Waals surface area contributed by atoms with E-state index in [4.69, 9.17) is 9.47 Å². The van der Waals surface area contributed by atoms with Gasteiger partial charge in [-0.1, -0.05) is 6.58 Å². The number of aliphatic hydroxyl groups excluding tert-OH is 1. The lowest BCUT2D eigenvalue weighted by molar-refractivity contribution is -0.695. The lowest BCUT2D eigenvalue weighted by Crippen LogP contribution is -2.46. The number of hydrogen-bond donors (Lipinski definition) is 6. The maximum absolute atomic E-state index is 13.4. The molecule has 8 aromatic rings. The highest BCUT2D eigenvalue weighted by Gasteiger charge is 2.30. The van der Waals surface area contributed by atoms with Gasteiger partial charge in [0, 0.05) is 44.7 Å². The molecule has 4 aromatic carbocycles. The Morgan fingerprint density at radius 3 is 1.50 bits per heavy atom. The Hall–Kier alpha value is -7.23. The highest BCUT2D eigenvalue weighted by molar-refractivity contribution is 6.26. The van der Waals surface area contributed by atoms with Crippen molar-refractivity contribution >= 4 is 82.9 Å². The number of nitrogens with one attached hydrogen (secondary N) is 4. The van der Waals surface area contributed by atoms with Crippen molar-refractivity contribution in [3.63, 3.8) is 0 Å². The highest BCUT2D eigenvalue weighted by Crippen LogP contribution is 2.38. The molecule has 0 spiro atoms. The highest BCUT2D eigenvalue weighted by atomic mass is 16.5. The van der Waals surface area contributed by atoms with Gasteiger partial charge in [-0.3, -0.25) is 24.2 Å². The SMILES string of the molecule is C=C(O)CNC(=O)c1cc2cc[n+](CCN3CCC(C4CCN(CC[n+]5ccc6cc(C(=O)NCC(=O)O)c7[nH]c8ccc(OC)cc8c7c6c5)CC4)CC3)cc2c2c1[nH]c1ccc(OC)cc12. The number of carbonyl (C=O) groups excluding carboxylic acids is 2. The van der Waals surface area contributed by atoms with Gasteiger partial charge in [0.25, 0.3) is 11.8 Å². The number of carboxylic acid groups (broad SMARTS) is 1. The number of carboxylic acids is 1. The molecule has 0 atom stereocenters. The van der Waals surface area contributed by atoms with Crippen LogP contribution in [0.5, 0.6) is 11.5 Å². The van der Waals surface area contributed by atoms with Crippen molar-refractivity contribution < 1.29 is 43.2 Å². The zero-order valence-corrected chi connectivity index (χ0v) is 38.6. The summed E-state index contributed by atoms with van der Waals surface area (Å²) in [5, 5.41) is 31.9. The number of benzene rings is 4. The van der Waals surface area contributed by atoms with Gasteiger partial charge in [-0.25, -0.2) is 9.13 Å². The first-order valence-corrected chi connectivity index (χ1v) is 23.5. The molecule has 0 unspecified atom stereocenters. The van der Waals surface area contributed by atoms with Crippen molar-refractivity contribution in [3.05, 3.63) is 109 Å². The molecule has 6 N–H and O–H groups in total. The molecule has 0 aliphatic carbocycles. The van der Waals surface area contributed by atoms with Crippen molar-refractivity contribution in [1.29, 1.82) is 0 Å². The average molecular weight is 919 g/mol. The van der Waals surface area contributed by atoms with Crippen LogP contribution < -0.4 is 29.2 Å². The molecule has 68 heavy (non-hydrogen) atoms. The fraction of sp³-hybridized carbons (Fsp3) is 0.340. The Morgan fingerprint density at radius 2 is 1.09 bits per heavy atom. The minimum atomic E-state index is -1.10. The molecule has 4 aromatic heterocycles. The first kappa shape index (κ1) is 44.6. The molecule has 2 aliphatic heterocycles. The summed E-state index contributed by atoms with van der Waals surface area (Å²) in [5.41, 5.74) is 4.10. The Bertz CT molecular complexity index is 3050. The topological polar surface area (TPSA) is 180 Å². The average Bonchev–Trinajstić information content (AvgIpc) is 3.94. The number of amides is 2. The zero-order chi connectivity index (χ0) is 47.1. The van der Waals surface area contributed by atoms with E-state index in [1.165, 1.54) is 25.7 Å². The molecule has 2 amide bonds. The zero-order valence-electron chi connectivity index (χ0n) is 38.6. The van der Waals surface area contributed by atoms with Gasteiger partial charge < -0.3 is 40.3 Å². The first-order valence-electron chi connectivity index (χ1n) is 23.5. The van der Waals surface area contributed by atoms with Crippen LogP contribution in [0, 0.1) is 11.8 Å². The Balaban J connectivity index is 0.758. The number of carbonyl (C=O) groups is 3. The van der Waals surface area contributed by atoms with E-state index in [2.05, 4.69) is 77.0 Å². The second-order valence-electron chi connectivity index (χ2n) is 18.5. The van der Waals surface area contributed by atoms with Crippen LogP contribution in [-0.2, 0) is 17.9 Å². The van der Waals surface area contributed by atoms with E-state index in [9.17, 15) is 24.6 Å². The molecule has 6 heterocycles. The predicted octanol–water partition coefficient (Wildman–Crippen LogP) is 6.59. The van der Waals surface area contributed by atoms with Gasteiger partial charge in [-0.2, -0.15) is 0 Å². The van der Waals surface area contributed by atoms with Crippen molar-refractivity contribution in [1.82, 2.24) is 30.4 Å². The number of aliphatic carboxylic acids is 1. The van der Waals surface area contributed by atoms with Gasteiger partial charge in [-0.05, 0) is 123 Å². The normalized spacial score (nSPS) is 15.5. The minimum Gasteiger partial charge on any atom is -0.511 e. The number of ether oxygens (including phenoxy) is 2. The molecular weight excluding hydrogens is 861 g/mol. The number of piperidine rings is 2. The number of fused-ring (bicyclic) bond motifs is 10. The summed E-state index contributed by atoms with van der Waals surface area (Å²) < 4.78 is 15.6. The number of methoxy groups -OCH3 is 2. The molecule has 0 radical (unpaired) electrons. The summed E-state index contributed by atoms with van der Waals surface area (Å²) in [5.74, 6) is 1.03. The fourth-order valence-corrected chi connectivity index (χ4v) is 10.8. The third kappa shape index (κ3) is 8.86. The predicted molar refractivity (Wildman–Crippen MR) is 263 cm³/mol. The van der Waals surface area contributed by atoms with Crippen LogP contribution in [0.1, 0.15) is 46.4 Å². The number of aliphatic hydroxyl groups is 1. The van der Waals surface area contributed by atoms with Gasteiger partial charge in [-0.15, -0.1) is 0 Å². The lowest BCUT2D eigenvalue weighted by atomic mass is 9.79. The molecular formula is C53H58N8O7+2. The quantitative estimate of drug-likeness (QED) is 0.0489. The summed E-state index contributed by atoms with van der Waals surface area (Å²) in [6, 6.07) is 19.6. The molecule has 10 rings (SSSR count). The van der Waals surface area contributed by atoms with Gasteiger partial charge in [0.1, 0.15) is 23.8 Å². The van der Waals surface area contributed by atoms with Crippen molar-refractivity contribution in [2.75, 3.05) is 66.6 Å². The van der Waals surface area contributed by atoms with Crippen LogP contribution in [0.15, 0.2) is 97.8 Å². The largest absolute Gasteiger partial charge is 0.511 e. The van der Waals surface area contributed by atoms with Crippen LogP contribution in [-0.4, -0.2) is 114 Å². The number of H-pyrrole nitrogens is 2. The van der Waals surface area contributed by atoms with E-state index >= 15 is 0 Å².